The number of methoxy groups -OCH3 is 1. The molecule has 0 aliphatic heterocycles. The first-order valence-corrected chi connectivity index (χ1v) is 7.60. The Balaban J connectivity index is 2.21. The molecule has 3 rings (SSSR count). The van der Waals surface area contributed by atoms with Crippen molar-refractivity contribution in [3.05, 3.63) is 101 Å². The molecule has 3 aromatic carbocycles. The van der Waals surface area contributed by atoms with Crippen LogP contribution in [-0.4, -0.2) is 7.11 Å². The Morgan fingerprint density at radius 2 is 1.32 bits per heavy atom. The lowest BCUT2D eigenvalue weighted by Gasteiger charge is -2.21. The minimum Gasteiger partial charge on any atom is -0.496 e. The highest BCUT2D eigenvalue weighted by molar-refractivity contribution is 6.30. The molecule has 1 nitrogen and oxygen atoms in total. The summed E-state index contributed by atoms with van der Waals surface area (Å²) < 4.78 is 5.57. The molecule has 0 saturated carbocycles. The second-order valence-corrected chi connectivity index (χ2v) is 5.58. The van der Waals surface area contributed by atoms with Crippen molar-refractivity contribution in [1.82, 2.24) is 0 Å². The molecule has 0 amide bonds. The summed E-state index contributed by atoms with van der Waals surface area (Å²) in [5.41, 5.74) is 3.51. The minimum absolute atomic E-state index is 0.0936. The number of hydrogen-bond donors (Lipinski definition) is 0. The van der Waals surface area contributed by atoms with Gasteiger partial charge in [-0.1, -0.05) is 72.3 Å². The molecule has 0 unspecified atom stereocenters. The Hall–Kier alpha value is -2.25. The number of halogens is 1. The molecule has 0 spiro atoms. The van der Waals surface area contributed by atoms with Gasteiger partial charge in [0.1, 0.15) is 5.75 Å². The van der Waals surface area contributed by atoms with Gasteiger partial charge >= 0.3 is 0 Å². The zero-order valence-corrected chi connectivity index (χ0v) is 13.1. The normalized spacial score (nSPS) is 10.7. The van der Waals surface area contributed by atoms with E-state index in [2.05, 4.69) is 48.5 Å². The number of rotatable bonds is 4. The van der Waals surface area contributed by atoms with Crippen molar-refractivity contribution in [3.63, 3.8) is 0 Å². The molecule has 2 heteroatoms. The quantitative estimate of drug-likeness (QED) is 0.576. The van der Waals surface area contributed by atoms with Gasteiger partial charge in [-0.15, -0.1) is 0 Å². The number of hydrogen-bond acceptors (Lipinski definition) is 1. The van der Waals surface area contributed by atoms with Crippen LogP contribution < -0.4 is 4.74 Å². The van der Waals surface area contributed by atoms with Crippen molar-refractivity contribution in [2.24, 2.45) is 0 Å². The third-order valence-electron chi connectivity index (χ3n) is 3.77. The Morgan fingerprint density at radius 1 is 0.773 bits per heavy atom. The van der Waals surface area contributed by atoms with Gasteiger partial charge in [0.15, 0.2) is 0 Å². The molecule has 22 heavy (non-hydrogen) atoms. The summed E-state index contributed by atoms with van der Waals surface area (Å²) in [6.07, 6.45) is 0. The highest BCUT2D eigenvalue weighted by Gasteiger charge is 2.20. The van der Waals surface area contributed by atoms with E-state index in [4.69, 9.17) is 16.3 Å². The minimum atomic E-state index is 0.0936. The Labute approximate surface area is 136 Å². The molecule has 0 aliphatic carbocycles. The fraction of sp³-hybridized carbons (Fsp3) is 0.100. The zero-order valence-electron chi connectivity index (χ0n) is 12.4. The van der Waals surface area contributed by atoms with E-state index in [0.29, 0.717) is 5.02 Å². The molecule has 110 valence electrons. The Kier molecular flexibility index (Phi) is 4.45. The van der Waals surface area contributed by atoms with Gasteiger partial charge in [0, 0.05) is 16.5 Å². The largest absolute Gasteiger partial charge is 0.496 e. The molecule has 0 aromatic heterocycles. The molecule has 0 aliphatic rings. The summed E-state index contributed by atoms with van der Waals surface area (Å²) in [5, 5.41) is 0.715. The summed E-state index contributed by atoms with van der Waals surface area (Å²) in [7, 11) is 1.69. The molecule has 0 heterocycles. The van der Waals surface area contributed by atoms with Gasteiger partial charge in [0.05, 0.1) is 7.11 Å². The van der Waals surface area contributed by atoms with E-state index in [1.165, 1.54) is 11.1 Å². The van der Waals surface area contributed by atoms with Crippen LogP contribution in [0, 0.1) is 0 Å². The smallest absolute Gasteiger partial charge is 0.123 e. The highest BCUT2D eigenvalue weighted by atomic mass is 35.5. The molecule has 0 fully saturated rings. The van der Waals surface area contributed by atoms with Crippen molar-refractivity contribution >= 4 is 11.6 Å². The van der Waals surface area contributed by atoms with Crippen LogP contribution in [0.1, 0.15) is 22.6 Å². The van der Waals surface area contributed by atoms with Gasteiger partial charge < -0.3 is 4.74 Å². The van der Waals surface area contributed by atoms with Crippen molar-refractivity contribution in [2.75, 3.05) is 7.11 Å². The van der Waals surface area contributed by atoms with Crippen molar-refractivity contribution in [3.8, 4) is 5.75 Å². The predicted octanol–water partition coefficient (Wildman–Crippen LogP) is 5.53. The summed E-state index contributed by atoms with van der Waals surface area (Å²) in [4.78, 5) is 0. The first-order valence-electron chi connectivity index (χ1n) is 7.23. The van der Waals surface area contributed by atoms with Crippen LogP contribution in [0.2, 0.25) is 5.02 Å². The lowest BCUT2D eigenvalue weighted by atomic mass is 9.85. The van der Waals surface area contributed by atoms with E-state index in [9.17, 15) is 0 Å². The van der Waals surface area contributed by atoms with Crippen LogP contribution >= 0.6 is 11.6 Å². The highest BCUT2D eigenvalue weighted by Crippen LogP contribution is 2.38. The van der Waals surface area contributed by atoms with Gasteiger partial charge in [-0.2, -0.15) is 0 Å². The first kappa shape index (κ1) is 14.7. The van der Waals surface area contributed by atoms with E-state index in [0.717, 1.165) is 11.3 Å². The monoisotopic (exact) mass is 308 g/mol. The van der Waals surface area contributed by atoms with Gasteiger partial charge in [-0.25, -0.2) is 0 Å². The summed E-state index contributed by atoms with van der Waals surface area (Å²) >= 11 is 6.24. The molecule has 0 radical (unpaired) electrons. The van der Waals surface area contributed by atoms with Crippen molar-refractivity contribution < 1.29 is 4.74 Å². The SMILES string of the molecule is COc1ccc(Cl)cc1C(c1ccccc1)c1ccccc1. The summed E-state index contributed by atoms with van der Waals surface area (Å²) in [5.74, 6) is 0.943. The fourth-order valence-electron chi connectivity index (χ4n) is 2.77. The van der Waals surface area contributed by atoms with Gasteiger partial charge in [-0.05, 0) is 29.3 Å². The topological polar surface area (TPSA) is 9.23 Å². The average molecular weight is 309 g/mol. The maximum Gasteiger partial charge on any atom is 0.123 e. The molecule has 0 atom stereocenters. The van der Waals surface area contributed by atoms with Crippen LogP contribution in [0.4, 0.5) is 0 Å². The van der Waals surface area contributed by atoms with Crippen molar-refractivity contribution in [1.29, 1.82) is 0 Å². The molecule has 0 N–H and O–H groups in total. The average Bonchev–Trinajstić information content (AvgIpc) is 2.57. The van der Waals surface area contributed by atoms with E-state index < -0.39 is 0 Å². The second kappa shape index (κ2) is 6.67. The van der Waals surface area contributed by atoms with E-state index in [-0.39, 0.29) is 5.92 Å². The summed E-state index contributed by atoms with van der Waals surface area (Å²) in [6, 6.07) is 26.6. The number of benzene rings is 3. The van der Waals surface area contributed by atoms with Crippen LogP contribution in [0.3, 0.4) is 0 Å². The Bertz CT molecular complexity index is 699. The predicted molar refractivity (Wildman–Crippen MR) is 91.8 cm³/mol. The van der Waals surface area contributed by atoms with Crippen LogP contribution in [0.25, 0.3) is 0 Å². The molecular formula is C20H17ClO. The van der Waals surface area contributed by atoms with Crippen molar-refractivity contribution in [2.45, 2.75) is 5.92 Å². The van der Waals surface area contributed by atoms with Gasteiger partial charge in [0.2, 0.25) is 0 Å². The maximum atomic E-state index is 6.24. The van der Waals surface area contributed by atoms with E-state index >= 15 is 0 Å². The fourth-order valence-corrected chi connectivity index (χ4v) is 2.95. The standard InChI is InChI=1S/C20H17ClO/c1-22-19-13-12-17(21)14-18(19)20(15-8-4-2-5-9-15)16-10-6-3-7-11-16/h2-14,20H,1H3. The third-order valence-corrected chi connectivity index (χ3v) is 4.00. The summed E-state index contributed by atoms with van der Waals surface area (Å²) in [6.45, 7) is 0. The first-order chi connectivity index (χ1) is 10.8. The zero-order chi connectivity index (χ0) is 15.4. The van der Waals surface area contributed by atoms with Crippen LogP contribution in [-0.2, 0) is 0 Å². The lowest BCUT2D eigenvalue weighted by molar-refractivity contribution is 0.409. The maximum absolute atomic E-state index is 6.24. The van der Waals surface area contributed by atoms with Crippen LogP contribution in [0.15, 0.2) is 78.9 Å². The molecule has 3 aromatic rings. The lowest BCUT2D eigenvalue weighted by Crippen LogP contribution is -2.05. The van der Waals surface area contributed by atoms with Gasteiger partial charge in [-0.3, -0.25) is 0 Å². The van der Waals surface area contributed by atoms with Gasteiger partial charge in [0.25, 0.3) is 0 Å². The molecule has 0 saturated heterocycles. The molecular weight excluding hydrogens is 292 g/mol. The second-order valence-electron chi connectivity index (χ2n) is 5.14. The number of ether oxygens (including phenoxy) is 1. The van der Waals surface area contributed by atoms with E-state index in [1.807, 2.05) is 30.3 Å². The Morgan fingerprint density at radius 3 is 1.82 bits per heavy atom. The van der Waals surface area contributed by atoms with E-state index in [1.54, 1.807) is 7.11 Å². The van der Waals surface area contributed by atoms with Crippen LogP contribution in [0.5, 0.6) is 5.75 Å². The third kappa shape index (κ3) is 3.00. The molecule has 0 bridgehead atoms.